The first-order valence-electron chi connectivity index (χ1n) is 7.06. The smallest absolute Gasteiger partial charge is 0.119 e. The van der Waals surface area contributed by atoms with Gasteiger partial charge in [-0.3, -0.25) is 4.98 Å². The molecule has 2 heterocycles. The van der Waals surface area contributed by atoms with Crippen LogP contribution in [0.15, 0.2) is 48.9 Å². The molecule has 4 heteroatoms. The van der Waals surface area contributed by atoms with Gasteiger partial charge < -0.3 is 15.5 Å². The Bertz CT molecular complexity index is 721. The highest BCUT2D eigenvalue weighted by molar-refractivity contribution is 5.85. The average molecular weight is 281 g/mol. The lowest BCUT2D eigenvalue weighted by molar-refractivity contribution is 0.415. The zero-order valence-electron chi connectivity index (χ0n) is 12.0. The van der Waals surface area contributed by atoms with E-state index in [0.29, 0.717) is 6.54 Å². The second-order valence-corrected chi connectivity index (χ2v) is 5.15. The monoisotopic (exact) mass is 281 g/mol. The molecular weight excluding hydrogens is 262 g/mol. The maximum atomic E-state index is 6.01. The molecule has 0 amide bonds. The zero-order valence-corrected chi connectivity index (χ0v) is 12.0. The Kier molecular flexibility index (Phi) is 3.88. The van der Waals surface area contributed by atoms with Gasteiger partial charge in [0.2, 0.25) is 0 Å². The van der Waals surface area contributed by atoms with Crippen molar-refractivity contribution in [1.29, 1.82) is 0 Å². The number of hydrogen-bond acceptors (Lipinski definition) is 3. The van der Waals surface area contributed by atoms with E-state index in [0.717, 1.165) is 17.7 Å². The molecule has 0 aliphatic heterocycles. The fourth-order valence-electron chi connectivity index (χ4n) is 2.71. The minimum absolute atomic E-state index is 0.272. The largest absolute Gasteiger partial charge is 0.497 e. The number of aromatic amines is 1. The Morgan fingerprint density at radius 2 is 2.05 bits per heavy atom. The summed E-state index contributed by atoms with van der Waals surface area (Å²) >= 11 is 0. The third kappa shape index (κ3) is 2.76. The molecule has 1 unspecified atom stereocenters. The summed E-state index contributed by atoms with van der Waals surface area (Å²) < 4.78 is 5.32. The molecule has 3 rings (SSSR count). The lowest BCUT2D eigenvalue weighted by Gasteiger charge is -2.14. The quantitative estimate of drug-likeness (QED) is 0.756. The first-order valence-corrected chi connectivity index (χ1v) is 7.06. The molecule has 0 aliphatic rings. The van der Waals surface area contributed by atoms with Crippen LogP contribution in [-0.2, 0) is 6.42 Å². The van der Waals surface area contributed by atoms with E-state index in [1.165, 1.54) is 16.5 Å². The van der Waals surface area contributed by atoms with Gasteiger partial charge in [-0.25, -0.2) is 0 Å². The first kappa shape index (κ1) is 13.6. The summed E-state index contributed by atoms with van der Waals surface area (Å²) in [6.45, 7) is 0.604. The van der Waals surface area contributed by atoms with Gasteiger partial charge in [-0.05, 0) is 54.4 Å². The fraction of sp³-hybridized carbons (Fsp3) is 0.235. The minimum atomic E-state index is 0.272. The van der Waals surface area contributed by atoms with E-state index in [-0.39, 0.29) is 5.92 Å². The van der Waals surface area contributed by atoms with Crippen LogP contribution in [0, 0.1) is 0 Å². The highest BCUT2D eigenvalue weighted by atomic mass is 16.5. The van der Waals surface area contributed by atoms with Gasteiger partial charge in [0, 0.05) is 35.4 Å². The maximum absolute atomic E-state index is 6.01. The summed E-state index contributed by atoms with van der Waals surface area (Å²) in [5.74, 6) is 1.14. The predicted molar refractivity (Wildman–Crippen MR) is 84.6 cm³/mol. The van der Waals surface area contributed by atoms with Crippen LogP contribution in [-0.4, -0.2) is 23.6 Å². The van der Waals surface area contributed by atoms with Crippen molar-refractivity contribution in [2.24, 2.45) is 5.73 Å². The topological polar surface area (TPSA) is 63.9 Å². The molecule has 21 heavy (non-hydrogen) atoms. The van der Waals surface area contributed by atoms with E-state index in [4.69, 9.17) is 10.5 Å². The molecule has 0 saturated carbocycles. The highest BCUT2D eigenvalue weighted by Crippen LogP contribution is 2.30. The van der Waals surface area contributed by atoms with Gasteiger partial charge in [-0.2, -0.15) is 0 Å². The number of aromatic nitrogens is 2. The van der Waals surface area contributed by atoms with E-state index in [1.54, 1.807) is 7.11 Å². The molecular formula is C17H19N3O. The molecule has 1 atom stereocenters. The molecule has 0 radical (unpaired) electrons. The molecule has 3 N–H and O–H groups in total. The van der Waals surface area contributed by atoms with E-state index < -0.39 is 0 Å². The molecule has 2 aromatic heterocycles. The number of benzene rings is 1. The van der Waals surface area contributed by atoms with E-state index in [2.05, 4.69) is 22.2 Å². The van der Waals surface area contributed by atoms with E-state index in [9.17, 15) is 0 Å². The number of rotatable bonds is 5. The van der Waals surface area contributed by atoms with E-state index in [1.807, 2.05) is 36.7 Å². The standard InChI is InChI=1S/C17H19N3O/c1-21-14-2-3-17-15(9-14)16(11-20-17)13(10-18)8-12-4-6-19-7-5-12/h2-7,9,11,13,20H,8,10,18H2,1H3. The summed E-state index contributed by atoms with van der Waals surface area (Å²) in [5.41, 5.74) is 9.61. The molecule has 108 valence electrons. The summed E-state index contributed by atoms with van der Waals surface area (Å²) in [5, 5.41) is 1.18. The van der Waals surface area contributed by atoms with Crippen molar-refractivity contribution in [2.45, 2.75) is 12.3 Å². The lowest BCUT2D eigenvalue weighted by atomic mass is 9.92. The first-order chi connectivity index (χ1) is 10.3. The van der Waals surface area contributed by atoms with Gasteiger partial charge in [0.1, 0.15) is 5.75 Å². The molecule has 0 spiro atoms. The molecule has 1 aromatic carbocycles. The van der Waals surface area contributed by atoms with Gasteiger partial charge in [-0.1, -0.05) is 0 Å². The van der Waals surface area contributed by atoms with Gasteiger partial charge in [0.25, 0.3) is 0 Å². The van der Waals surface area contributed by atoms with Crippen LogP contribution in [0.3, 0.4) is 0 Å². The normalized spacial score (nSPS) is 12.5. The van der Waals surface area contributed by atoms with E-state index >= 15 is 0 Å². The minimum Gasteiger partial charge on any atom is -0.497 e. The molecule has 0 fully saturated rings. The molecule has 4 nitrogen and oxygen atoms in total. The van der Waals surface area contributed by atoms with Crippen molar-refractivity contribution in [3.8, 4) is 5.75 Å². The summed E-state index contributed by atoms with van der Waals surface area (Å²) in [6, 6.07) is 10.1. The number of nitrogens with two attached hydrogens (primary N) is 1. The number of ether oxygens (including phenoxy) is 1. The second kappa shape index (κ2) is 5.97. The number of nitrogens with one attached hydrogen (secondary N) is 1. The number of methoxy groups -OCH3 is 1. The van der Waals surface area contributed by atoms with Crippen LogP contribution in [0.5, 0.6) is 5.75 Å². The fourth-order valence-corrected chi connectivity index (χ4v) is 2.71. The third-order valence-corrected chi connectivity index (χ3v) is 3.88. The van der Waals surface area contributed by atoms with Crippen molar-refractivity contribution >= 4 is 10.9 Å². The number of fused-ring (bicyclic) bond motifs is 1. The van der Waals surface area contributed by atoms with Gasteiger partial charge >= 0.3 is 0 Å². The number of H-pyrrole nitrogens is 1. The van der Waals surface area contributed by atoms with Crippen LogP contribution < -0.4 is 10.5 Å². The van der Waals surface area contributed by atoms with Gasteiger partial charge in [0.05, 0.1) is 7.11 Å². The highest BCUT2D eigenvalue weighted by Gasteiger charge is 2.15. The van der Waals surface area contributed by atoms with Gasteiger partial charge in [-0.15, -0.1) is 0 Å². The maximum Gasteiger partial charge on any atom is 0.119 e. The Labute approximate surface area is 124 Å². The van der Waals surface area contributed by atoms with Crippen LogP contribution in [0.1, 0.15) is 17.0 Å². The van der Waals surface area contributed by atoms with Crippen molar-refractivity contribution in [3.63, 3.8) is 0 Å². The predicted octanol–water partition coefficient (Wildman–Crippen LogP) is 2.86. The Hall–Kier alpha value is -2.33. The van der Waals surface area contributed by atoms with Crippen molar-refractivity contribution < 1.29 is 4.74 Å². The number of pyridine rings is 1. The molecule has 0 bridgehead atoms. The zero-order chi connectivity index (χ0) is 14.7. The third-order valence-electron chi connectivity index (χ3n) is 3.88. The Balaban J connectivity index is 1.96. The number of nitrogens with zero attached hydrogens (tertiary/aromatic N) is 1. The number of hydrogen-bond donors (Lipinski definition) is 2. The Morgan fingerprint density at radius 3 is 2.76 bits per heavy atom. The SMILES string of the molecule is COc1ccc2[nH]cc(C(CN)Cc3ccncc3)c2c1. The second-order valence-electron chi connectivity index (χ2n) is 5.15. The average Bonchev–Trinajstić information content (AvgIpc) is 2.96. The van der Waals surface area contributed by atoms with Crippen molar-refractivity contribution in [2.75, 3.05) is 13.7 Å². The summed E-state index contributed by atoms with van der Waals surface area (Å²) in [6.07, 6.45) is 6.61. The Morgan fingerprint density at radius 1 is 1.24 bits per heavy atom. The van der Waals surface area contributed by atoms with Crippen LogP contribution in [0.2, 0.25) is 0 Å². The van der Waals surface area contributed by atoms with Gasteiger partial charge in [0.15, 0.2) is 0 Å². The van der Waals surface area contributed by atoms with Crippen LogP contribution in [0.25, 0.3) is 10.9 Å². The van der Waals surface area contributed by atoms with Crippen molar-refractivity contribution in [3.05, 3.63) is 60.0 Å². The van der Waals surface area contributed by atoms with Crippen LogP contribution in [0.4, 0.5) is 0 Å². The molecule has 3 aromatic rings. The van der Waals surface area contributed by atoms with Crippen LogP contribution >= 0.6 is 0 Å². The molecule has 0 aliphatic carbocycles. The molecule has 0 saturated heterocycles. The lowest BCUT2D eigenvalue weighted by Crippen LogP contribution is -2.14. The van der Waals surface area contributed by atoms with Crippen molar-refractivity contribution in [1.82, 2.24) is 9.97 Å². The summed E-state index contributed by atoms with van der Waals surface area (Å²) in [7, 11) is 1.69. The summed E-state index contributed by atoms with van der Waals surface area (Å²) in [4.78, 5) is 7.38.